The monoisotopic (exact) mass is 515 g/mol. The summed E-state index contributed by atoms with van der Waals surface area (Å²) in [5, 5.41) is 12.0. The molecule has 0 saturated heterocycles. The molecule has 2 aromatic rings. The lowest BCUT2D eigenvalue weighted by Crippen LogP contribution is -2.33. The standard InChI is InChI=1S/C20H29N5O3S4/c1-11-6-9-14(31-11)16(20(2,3)4)23-18(24-29)17(21)22-13-10-30-19(15(13)26)32(27,28)25(5)12-7-8-12/h6,9-10,12,16,26,29H,7-8H2,1-5H3,(H2,21,22)(H,23,24)/t16-/m0/s1. The number of nitrogens with zero attached hydrogens (tertiary/aromatic N) is 3. The first-order valence-corrected chi connectivity index (χ1v) is 13.6. The van der Waals surface area contributed by atoms with Crippen LogP contribution in [0.2, 0.25) is 0 Å². The van der Waals surface area contributed by atoms with Crippen LogP contribution in [0.5, 0.6) is 5.75 Å². The zero-order chi connectivity index (χ0) is 23.8. The van der Waals surface area contributed by atoms with Crippen molar-refractivity contribution < 1.29 is 13.5 Å². The van der Waals surface area contributed by atoms with Gasteiger partial charge in [0.25, 0.3) is 10.0 Å². The van der Waals surface area contributed by atoms with Gasteiger partial charge in [-0.25, -0.2) is 13.4 Å². The van der Waals surface area contributed by atoms with Gasteiger partial charge < -0.3 is 15.6 Å². The Morgan fingerprint density at radius 3 is 2.53 bits per heavy atom. The molecule has 3 rings (SSSR count). The van der Waals surface area contributed by atoms with E-state index in [0.717, 1.165) is 29.1 Å². The summed E-state index contributed by atoms with van der Waals surface area (Å²) < 4.78 is 29.4. The molecule has 0 bridgehead atoms. The van der Waals surface area contributed by atoms with Crippen molar-refractivity contribution in [2.24, 2.45) is 21.1 Å². The van der Waals surface area contributed by atoms with Crippen molar-refractivity contribution in [3.63, 3.8) is 0 Å². The van der Waals surface area contributed by atoms with Crippen LogP contribution in [-0.4, -0.2) is 42.6 Å². The number of sulfonamides is 1. The third kappa shape index (κ3) is 5.30. The number of aromatic hydroxyl groups is 1. The topological polar surface area (TPSA) is 120 Å². The summed E-state index contributed by atoms with van der Waals surface area (Å²) in [4.78, 5) is 11.3. The number of hydrogen-bond acceptors (Lipinski definition) is 8. The highest BCUT2D eigenvalue weighted by Crippen LogP contribution is 2.43. The largest absolute Gasteiger partial charge is 0.504 e. The molecule has 0 amide bonds. The van der Waals surface area contributed by atoms with Gasteiger partial charge in [-0.3, -0.25) is 4.99 Å². The number of aliphatic imine (C=N–C) groups is 2. The third-order valence-electron chi connectivity index (χ3n) is 5.09. The van der Waals surface area contributed by atoms with Crippen LogP contribution in [0.1, 0.15) is 49.4 Å². The summed E-state index contributed by atoms with van der Waals surface area (Å²) in [5.74, 6) is -0.176. The Kier molecular flexibility index (Phi) is 7.30. The minimum absolute atomic E-state index is 0.00452. The van der Waals surface area contributed by atoms with Crippen LogP contribution in [0.25, 0.3) is 0 Å². The molecule has 176 valence electrons. The minimum Gasteiger partial charge on any atom is -0.504 e. The maximum absolute atomic E-state index is 12.8. The quantitative estimate of drug-likeness (QED) is 0.261. The molecule has 1 aliphatic rings. The van der Waals surface area contributed by atoms with Crippen molar-refractivity contribution >= 4 is 62.9 Å². The summed E-state index contributed by atoms with van der Waals surface area (Å²) in [6.07, 6.45) is 1.65. The number of amidine groups is 2. The third-order valence-corrected chi connectivity index (χ3v) is 9.74. The second-order valence-electron chi connectivity index (χ2n) is 8.81. The molecule has 2 aromatic heterocycles. The Bertz CT molecular complexity index is 1140. The highest BCUT2D eigenvalue weighted by atomic mass is 32.2. The van der Waals surface area contributed by atoms with E-state index in [2.05, 4.69) is 43.3 Å². The highest BCUT2D eigenvalue weighted by molar-refractivity contribution is 7.91. The van der Waals surface area contributed by atoms with Gasteiger partial charge in [-0.15, -0.1) is 22.7 Å². The number of thiophene rings is 2. The van der Waals surface area contributed by atoms with Crippen LogP contribution in [0.3, 0.4) is 0 Å². The molecule has 0 radical (unpaired) electrons. The molecule has 1 fully saturated rings. The van der Waals surface area contributed by atoms with Gasteiger partial charge in [-0.05, 0) is 37.3 Å². The zero-order valence-electron chi connectivity index (χ0n) is 18.7. The van der Waals surface area contributed by atoms with Crippen LogP contribution in [0.15, 0.2) is 31.7 Å². The SMILES string of the molecule is Cc1ccc([C@H](N=C(NS)C(N)=Nc2csc(S(=O)(=O)N(C)C3CC3)c2O)C(C)(C)C)s1. The lowest BCUT2D eigenvalue weighted by molar-refractivity contribution is 0.333. The van der Waals surface area contributed by atoms with Gasteiger partial charge in [0.1, 0.15) is 5.69 Å². The van der Waals surface area contributed by atoms with Gasteiger partial charge in [0.05, 0.1) is 6.04 Å². The molecule has 0 spiro atoms. The van der Waals surface area contributed by atoms with E-state index in [4.69, 9.17) is 10.7 Å². The van der Waals surface area contributed by atoms with Crippen LogP contribution < -0.4 is 10.5 Å². The maximum atomic E-state index is 12.8. The Hall–Kier alpha value is -1.60. The molecular formula is C20H29N5O3S4. The van der Waals surface area contributed by atoms with Crippen LogP contribution >= 0.6 is 35.5 Å². The van der Waals surface area contributed by atoms with E-state index in [9.17, 15) is 13.5 Å². The molecule has 0 aromatic carbocycles. The fourth-order valence-corrected chi connectivity index (χ4v) is 7.23. The number of nitrogens with one attached hydrogen (secondary N) is 1. The van der Waals surface area contributed by atoms with Crippen LogP contribution in [0.4, 0.5) is 5.69 Å². The van der Waals surface area contributed by atoms with Crippen molar-refractivity contribution in [3.05, 3.63) is 27.3 Å². The molecule has 1 atom stereocenters. The number of rotatable bonds is 6. The second-order valence-corrected chi connectivity index (χ2v) is 13.4. The molecular weight excluding hydrogens is 487 g/mol. The smallest absolute Gasteiger partial charge is 0.256 e. The van der Waals surface area contributed by atoms with Crippen molar-refractivity contribution in [1.82, 2.24) is 9.03 Å². The van der Waals surface area contributed by atoms with Crippen LogP contribution in [-0.2, 0) is 10.0 Å². The molecule has 1 aliphatic carbocycles. The summed E-state index contributed by atoms with van der Waals surface area (Å²) in [6.45, 7) is 8.28. The van der Waals surface area contributed by atoms with Gasteiger partial charge in [0.15, 0.2) is 21.6 Å². The first-order valence-electron chi connectivity index (χ1n) is 10.0. The van der Waals surface area contributed by atoms with E-state index < -0.39 is 15.8 Å². The first kappa shape index (κ1) is 25.0. The second kappa shape index (κ2) is 9.34. The van der Waals surface area contributed by atoms with E-state index >= 15 is 0 Å². The molecule has 32 heavy (non-hydrogen) atoms. The maximum Gasteiger partial charge on any atom is 0.256 e. The van der Waals surface area contributed by atoms with Crippen molar-refractivity contribution in [1.29, 1.82) is 0 Å². The van der Waals surface area contributed by atoms with E-state index in [0.29, 0.717) is 0 Å². The van der Waals surface area contributed by atoms with Crippen molar-refractivity contribution in [3.8, 4) is 5.75 Å². The molecule has 4 N–H and O–H groups in total. The van der Waals surface area contributed by atoms with E-state index in [-0.39, 0.29) is 39.1 Å². The average Bonchev–Trinajstić information content (AvgIpc) is 3.37. The summed E-state index contributed by atoms with van der Waals surface area (Å²) in [7, 11) is -2.26. The van der Waals surface area contributed by atoms with E-state index in [1.807, 2.05) is 19.1 Å². The number of hydrogen-bond donors (Lipinski definition) is 4. The molecule has 8 nitrogen and oxygen atoms in total. The Morgan fingerprint density at radius 1 is 1.38 bits per heavy atom. The fourth-order valence-electron chi connectivity index (χ4n) is 3.10. The summed E-state index contributed by atoms with van der Waals surface area (Å²) in [5.41, 5.74) is 6.06. The Labute approximate surface area is 202 Å². The lowest BCUT2D eigenvalue weighted by Gasteiger charge is -2.27. The Balaban J connectivity index is 1.95. The highest BCUT2D eigenvalue weighted by Gasteiger charge is 2.37. The van der Waals surface area contributed by atoms with E-state index in [1.54, 1.807) is 11.3 Å². The lowest BCUT2D eigenvalue weighted by atomic mass is 9.86. The van der Waals surface area contributed by atoms with Crippen LogP contribution in [0, 0.1) is 12.3 Å². The van der Waals surface area contributed by atoms with E-state index in [1.165, 1.54) is 21.6 Å². The van der Waals surface area contributed by atoms with Gasteiger partial charge in [0, 0.05) is 28.2 Å². The summed E-state index contributed by atoms with van der Waals surface area (Å²) >= 11 is 6.72. The minimum atomic E-state index is -3.79. The van der Waals surface area contributed by atoms with Gasteiger partial charge in [-0.1, -0.05) is 33.6 Å². The fraction of sp³-hybridized carbons (Fsp3) is 0.500. The number of nitrogens with two attached hydrogens (primary N) is 1. The zero-order valence-corrected chi connectivity index (χ0v) is 22.0. The predicted octanol–water partition coefficient (Wildman–Crippen LogP) is 4.22. The van der Waals surface area contributed by atoms with Crippen molar-refractivity contribution in [2.45, 2.75) is 56.8 Å². The van der Waals surface area contributed by atoms with Crippen molar-refractivity contribution in [2.75, 3.05) is 7.05 Å². The number of aryl methyl sites for hydroxylation is 1. The molecule has 12 heteroatoms. The molecule has 2 heterocycles. The average molecular weight is 516 g/mol. The van der Waals surface area contributed by atoms with Gasteiger partial charge in [0.2, 0.25) is 0 Å². The predicted molar refractivity (Wildman–Crippen MR) is 136 cm³/mol. The molecule has 1 saturated carbocycles. The molecule has 0 aliphatic heterocycles. The molecule has 0 unspecified atom stereocenters. The first-order chi connectivity index (χ1) is 14.9. The number of thiol groups is 1. The summed E-state index contributed by atoms with van der Waals surface area (Å²) in [6, 6.07) is 3.87. The van der Waals surface area contributed by atoms with Gasteiger partial charge >= 0.3 is 0 Å². The Morgan fingerprint density at radius 2 is 2.03 bits per heavy atom. The van der Waals surface area contributed by atoms with Gasteiger partial charge in [-0.2, -0.15) is 4.31 Å². The normalized spacial score (nSPS) is 17.1.